The van der Waals surface area contributed by atoms with Gasteiger partial charge < -0.3 is 15.0 Å². The normalized spacial score (nSPS) is 20.6. The van der Waals surface area contributed by atoms with Crippen LogP contribution < -0.4 is 10.2 Å². The van der Waals surface area contributed by atoms with Crippen LogP contribution in [0, 0.1) is 5.82 Å². The number of hydrogen-bond acceptors (Lipinski definition) is 3. The molecule has 1 aliphatic heterocycles. The monoisotopic (exact) mass is 294 g/mol. The van der Waals surface area contributed by atoms with E-state index in [0.29, 0.717) is 5.69 Å². The fourth-order valence-corrected chi connectivity index (χ4v) is 3.00. The topological polar surface area (TPSA) is 24.5 Å². The minimum atomic E-state index is -0.130. The van der Waals surface area contributed by atoms with Gasteiger partial charge in [0.05, 0.1) is 11.8 Å². The van der Waals surface area contributed by atoms with Gasteiger partial charge in [-0.25, -0.2) is 4.39 Å². The molecule has 1 aliphatic rings. The summed E-state index contributed by atoms with van der Waals surface area (Å²) >= 11 is 0. The molecule has 4 heteroatoms. The van der Waals surface area contributed by atoms with Crippen molar-refractivity contribution in [2.24, 2.45) is 0 Å². The van der Waals surface area contributed by atoms with Crippen molar-refractivity contribution in [3.8, 4) is 0 Å². The first-order valence-electron chi connectivity index (χ1n) is 8.05. The number of nitrogens with zero attached hydrogens (tertiary/aromatic N) is 1. The summed E-state index contributed by atoms with van der Waals surface area (Å²) in [6.45, 7) is 9.42. The zero-order valence-corrected chi connectivity index (χ0v) is 13.4. The molecule has 1 aromatic rings. The van der Waals surface area contributed by atoms with Crippen molar-refractivity contribution in [2.45, 2.75) is 45.8 Å². The fourth-order valence-electron chi connectivity index (χ4n) is 3.00. The second-order valence-electron chi connectivity index (χ2n) is 5.66. The molecule has 3 nitrogen and oxygen atoms in total. The number of hydrogen-bond donors (Lipinski definition) is 1. The van der Waals surface area contributed by atoms with Crippen LogP contribution in [-0.2, 0) is 4.74 Å². The number of nitrogens with one attached hydrogen (secondary N) is 1. The van der Waals surface area contributed by atoms with Gasteiger partial charge in [-0.3, -0.25) is 0 Å². The van der Waals surface area contributed by atoms with E-state index in [0.717, 1.165) is 44.6 Å². The highest BCUT2D eigenvalue weighted by atomic mass is 19.1. The zero-order valence-electron chi connectivity index (χ0n) is 13.4. The predicted octanol–water partition coefficient (Wildman–Crippen LogP) is 3.50. The lowest BCUT2D eigenvalue weighted by Crippen LogP contribution is -2.40. The molecule has 21 heavy (non-hydrogen) atoms. The Kier molecular flexibility index (Phi) is 6.00. The van der Waals surface area contributed by atoms with E-state index in [1.165, 1.54) is 0 Å². The van der Waals surface area contributed by atoms with Crippen molar-refractivity contribution in [1.82, 2.24) is 5.32 Å². The standard InChI is InChI=1S/C17H27FN2O/c1-4-19-13(3)14-8-9-17(16(18)11-14)20-10-6-7-15(12-20)21-5-2/h8-9,11,13,15,19H,4-7,10,12H2,1-3H3. The molecule has 1 heterocycles. The average Bonchev–Trinajstić information content (AvgIpc) is 2.48. The van der Waals surface area contributed by atoms with Crippen molar-refractivity contribution in [3.05, 3.63) is 29.6 Å². The molecule has 2 rings (SSSR count). The Morgan fingerprint density at radius 1 is 1.43 bits per heavy atom. The van der Waals surface area contributed by atoms with Crippen molar-refractivity contribution in [3.63, 3.8) is 0 Å². The molecular formula is C17H27FN2O. The van der Waals surface area contributed by atoms with E-state index in [9.17, 15) is 4.39 Å². The Morgan fingerprint density at radius 2 is 2.24 bits per heavy atom. The quantitative estimate of drug-likeness (QED) is 0.869. The van der Waals surface area contributed by atoms with Crippen molar-refractivity contribution in [1.29, 1.82) is 0 Å². The van der Waals surface area contributed by atoms with Crippen molar-refractivity contribution >= 4 is 5.69 Å². The molecule has 1 N–H and O–H groups in total. The second-order valence-corrected chi connectivity index (χ2v) is 5.66. The van der Waals surface area contributed by atoms with Gasteiger partial charge in [-0.1, -0.05) is 13.0 Å². The largest absolute Gasteiger partial charge is 0.377 e. The zero-order chi connectivity index (χ0) is 15.2. The summed E-state index contributed by atoms with van der Waals surface area (Å²) in [5, 5.41) is 3.31. The van der Waals surface area contributed by atoms with Gasteiger partial charge in [-0.15, -0.1) is 0 Å². The summed E-state index contributed by atoms with van der Waals surface area (Å²) in [4.78, 5) is 2.11. The van der Waals surface area contributed by atoms with Crippen LogP contribution in [0.5, 0.6) is 0 Å². The van der Waals surface area contributed by atoms with Crippen molar-refractivity contribution in [2.75, 3.05) is 31.1 Å². The molecule has 0 saturated carbocycles. The maximum Gasteiger partial charge on any atom is 0.146 e. The number of halogens is 1. The van der Waals surface area contributed by atoms with Gasteiger partial charge in [0.2, 0.25) is 0 Å². The summed E-state index contributed by atoms with van der Waals surface area (Å²) < 4.78 is 20.1. The van der Waals surface area contributed by atoms with Crippen LogP contribution in [-0.4, -0.2) is 32.3 Å². The smallest absolute Gasteiger partial charge is 0.146 e. The van der Waals surface area contributed by atoms with E-state index in [-0.39, 0.29) is 18.0 Å². The van der Waals surface area contributed by atoms with Gasteiger partial charge in [0.25, 0.3) is 0 Å². The molecule has 0 aromatic heterocycles. The van der Waals surface area contributed by atoms with Gasteiger partial charge in [0.1, 0.15) is 5.82 Å². The molecule has 1 aromatic carbocycles. The third-order valence-electron chi connectivity index (χ3n) is 4.10. The number of anilines is 1. The predicted molar refractivity (Wildman–Crippen MR) is 85.4 cm³/mol. The second kappa shape index (κ2) is 7.76. The molecule has 0 spiro atoms. The lowest BCUT2D eigenvalue weighted by Gasteiger charge is -2.34. The van der Waals surface area contributed by atoms with Crippen LogP contribution in [0.15, 0.2) is 18.2 Å². The SMILES string of the molecule is CCNC(C)c1ccc(N2CCCC(OCC)C2)c(F)c1. The average molecular weight is 294 g/mol. The van der Waals surface area contributed by atoms with Gasteiger partial charge >= 0.3 is 0 Å². The molecule has 2 atom stereocenters. The summed E-state index contributed by atoms with van der Waals surface area (Å²) in [6, 6.07) is 5.77. The Labute approximate surface area is 127 Å². The number of rotatable bonds is 6. The first-order valence-corrected chi connectivity index (χ1v) is 8.05. The van der Waals surface area contributed by atoms with Crippen LogP contribution in [0.3, 0.4) is 0 Å². The minimum Gasteiger partial charge on any atom is -0.377 e. The highest BCUT2D eigenvalue weighted by Gasteiger charge is 2.22. The van der Waals surface area contributed by atoms with Crippen molar-refractivity contribution < 1.29 is 9.13 Å². The molecule has 1 saturated heterocycles. The van der Waals surface area contributed by atoms with E-state index < -0.39 is 0 Å². The highest BCUT2D eigenvalue weighted by Crippen LogP contribution is 2.26. The lowest BCUT2D eigenvalue weighted by molar-refractivity contribution is 0.0525. The van der Waals surface area contributed by atoms with E-state index in [2.05, 4.69) is 24.1 Å². The molecule has 2 unspecified atom stereocenters. The molecule has 0 aliphatic carbocycles. The maximum atomic E-state index is 14.4. The summed E-state index contributed by atoms with van der Waals surface area (Å²) in [7, 11) is 0. The van der Waals surface area contributed by atoms with E-state index in [1.807, 2.05) is 19.1 Å². The Balaban J connectivity index is 2.09. The van der Waals surface area contributed by atoms with Crippen LogP contribution in [0.1, 0.15) is 45.2 Å². The highest BCUT2D eigenvalue weighted by molar-refractivity contribution is 5.50. The maximum absolute atomic E-state index is 14.4. The van der Waals surface area contributed by atoms with E-state index >= 15 is 0 Å². The fraction of sp³-hybridized carbons (Fsp3) is 0.647. The molecule has 0 amide bonds. The van der Waals surface area contributed by atoms with Gasteiger partial charge in [0, 0.05) is 25.7 Å². The van der Waals surface area contributed by atoms with Crippen LogP contribution >= 0.6 is 0 Å². The van der Waals surface area contributed by atoms with Crippen LogP contribution in [0.2, 0.25) is 0 Å². The lowest BCUT2D eigenvalue weighted by atomic mass is 10.0. The van der Waals surface area contributed by atoms with E-state index in [4.69, 9.17) is 4.74 Å². The van der Waals surface area contributed by atoms with Gasteiger partial charge in [-0.2, -0.15) is 0 Å². The third kappa shape index (κ3) is 4.17. The molecule has 118 valence electrons. The van der Waals surface area contributed by atoms with Crippen LogP contribution in [0.4, 0.5) is 10.1 Å². The third-order valence-corrected chi connectivity index (χ3v) is 4.10. The van der Waals surface area contributed by atoms with Gasteiger partial charge in [-0.05, 0) is 50.9 Å². The molecular weight excluding hydrogens is 267 g/mol. The number of piperidine rings is 1. The molecule has 0 radical (unpaired) electrons. The summed E-state index contributed by atoms with van der Waals surface area (Å²) in [5.41, 5.74) is 1.70. The number of ether oxygens (including phenoxy) is 1. The van der Waals surface area contributed by atoms with E-state index in [1.54, 1.807) is 6.07 Å². The summed E-state index contributed by atoms with van der Waals surface area (Å²) in [5.74, 6) is -0.130. The molecule has 0 bridgehead atoms. The number of benzene rings is 1. The summed E-state index contributed by atoms with van der Waals surface area (Å²) in [6.07, 6.45) is 2.35. The first kappa shape index (κ1) is 16.2. The molecule has 1 fully saturated rings. The Bertz CT molecular complexity index is 450. The Hall–Kier alpha value is -1.13. The Morgan fingerprint density at radius 3 is 2.90 bits per heavy atom. The van der Waals surface area contributed by atoms with Crippen LogP contribution in [0.25, 0.3) is 0 Å². The first-order chi connectivity index (χ1) is 10.2. The minimum absolute atomic E-state index is 0.130. The van der Waals surface area contributed by atoms with Gasteiger partial charge in [0.15, 0.2) is 0 Å².